The van der Waals surface area contributed by atoms with E-state index in [2.05, 4.69) is 26.1 Å². The number of ether oxygens (including phenoxy) is 2. The molecular formula is C20H26ClNO2. The van der Waals surface area contributed by atoms with Crippen molar-refractivity contribution < 1.29 is 9.47 Å². The second-order valence-corrected chi connectivity index (χ2v) is 7.11. The van der Waals surface area contributed by atoms with Crippen molar-refractivity contribution in [2.75, 3.05) is 6.61 Å². The van der Waals surface area contributed by atoms with Crippen molar-refractivity contribution in [1.82, 2.24) is 5.32 Å². The van der Waals surface area contributed by atoms with Crippen molar-refractivity contribution in [3.8, 4) is 11.5 Å². The SMILES string of the molecule is CCOc1cc(CNC(C)(C)C)c(Cl)cc1OCc1ccccc1. The number of nitrogens with one attached hydrogen (secondary N) is 1. The summed E-state index contributed by atoms with van der Waals surface area (Å²) in [5.74, 6) is 1.40. The van der Waals surface area contributed by atoms with Gasteiger partial charge in [-0.05, 0) is 44.9 Å². The molecule has 3 nitrogen and oxygen atoms in total. The van der Waals surface area contributed by atoms with E-state index in [0.29, 0.717) is 30.5 Å². The van der Waals surface area contributed by atoms with Crippen LogP contribution in [0.15, 0.2) is 42.5 Å². The predicted octanol–water partition coefficient (Wildman–Crippen LogP) is 5.21. The summed E-state index contributed by atoms with van der Waals surface area (Å²) in [6.07, 6.45) is 0. The summed E-state index contributed by atoms with van der Waals surface area (Å²) in [6, 6.07) is 13.9. The molecule has 0 aliphatic heterocycles. The third-order valence-corrected chi connectivity index (χ3v) is 3.81. The molecule has 4 heteroatoms. The smallest absolute Gasteiger partial charge is 0.163 e. The molecule has 0 amide bonds. The molecule has 0 saturated carbocycles. The van der Waals surface area contributed by atoms with Crippen molar-refractivity contribution in [1.29, 1.82) is 0 Å². The van der Waals surface area contributed by atoms with E-state index in [4.69, 9.17) is 21.1 Å². The lowest BCUT2D eigenvalue weighted by Gasteiger charge is -2.22. The summed E-state index contributed by atoms with van der Waals surface area (Å²) in [5, 5.41) is 4.12. The van der Waals surface area contributed by atoms with Crippen molar-refractivity contribution in [3.05, 3.63) is 58.6 Å². The van der Waals surface area contributed by atoms with E-state index < -0.39 is 0 Å². The Labute approximate surface area is 149 Å². The molecule has 0 aliphatic rings. The zero-order chi connectivity index (χ0) is 17.6. The molecule has 2 rings (SSSR count). The van der Waals surface area contributed by atoms with Gasteiger partial charge in [-0.3, -0.25) is 0 Å². The van der Waals surface area contributed by atoms with Crippen molar-refractivity contribution in [3.63, 3.8) is 0 Å². The minimum Gasteiger partial charge on any atom is -0.490 e. The van der Waals surface area contributed by atoms with E-state index >= 15 is 0 Å². The van der Waals surface area contributed by atoms with Crippen LogP contribution >= 0.6 is 11.6 Å². The fourth-order valence-electron chi connectivity index (χ4n) is 2.19. The molecule has 130 valence electrons. The first-order chi connectivity index (χ1) is 11.4. The normalized spacial score (nSPS) is 11.4. The molecule has 0 aliphatic carbocycles. The van der Waals surface area contributed by atoms with Crippen LogP contribution in [0, 0.1) is 0 Å². The van der Waals surface area contributed by atoms with E-state index in [0.717, 1.165) is 16.9 Å². The van der Waals surface area contributed by atoms with Gasteiger partial charge in [0.25, 0.3) is 0 Å². The molecule has 0 radical (unpaired) electrons. The summed E-state index contributed by atoms with van der Waals surface area (Å²) in [5.41, 5.74) is 2.13. The first kappa shape index (κ1) is 18.6. The predicted molar refractivity (Wildman–Crippen MR) is 100.0 cm³/mol. The molecule has 2 aromatic carbocycles. The summed E-state index contributed by atoms with van der Waals surface area (Å²) in [7, 11) is 0. The molecule has 0 heterocycles. The Hall–Kier alpha value is -1.71. The summed E-state index contributed by atoms with van der Waals surface area (Å²) >= 11 is 6.44. The Balaban J connectivity index is 2.16. The van der Waals surface area contributed by atoms with Gasteiger partial charge in [0.05, 0.1) is 6.61 Å². The Kier molecular flexibility index (Phi) is 6.52. The van der Waals surface area contributed by atoms with E-state index in [1.807, 2.05) is 49.4 Å². The van der Waals surface area contributed by atoms with E-state index in [-0.39, 0.29) is 5.54 Å². The molecule has 0 saturated heterocycles. The minimum atomic E-state index is 0.0254. The van der Waals surface area contributed by atoms with E-state index in [9.17, 15) is 0 Å². The molecule has 1 N–H and O–H groups in total. The lowest BCUT2D eigenvalue weighted by atomic mass is 10.1. The van der Waals surface area contributed by atoms with Gasteiger partial charge in [0.1, 0.15) is 6.61 Å². The molecule has 0 bridgehead atoms. The van der Waals surface area contributed by atoms with Gasteiger partial charge >= 0.3 is 0 Å². The Morgan fingerprint density at radius 1 is 1.00 bits per heavy atom. The van der Waals surface area contributed by atoms with E-state index in [1.54, 1.807) is 0 Å². The number of halogens is 1. The fraction of sp³-hybridized carbons (Fsp3) is 0.400. The van der Waals surface area contributed by atoms with Crippen LogP contribution < -0.4 is 14.8 Å². The van der Waals surface area contributed by atoms with Crippen molar-refractivity contribution in [2.24, 2.45) is 0 Å². The van der Waals surface area contributed by atoms with Gasteiger partial charge in [-0.25, -0.2) is 0 Å². The second kappa shape index (κ2) is 8.41. The van der Waals surface area contributed by atoms with Crippen LogP contribution in [0.2, 0.25) is 5.02 Å². The lowest BCUT2D eigenvalue weighted by molar-refractivity contribution is 0.269. The van der Waals surface area contributed by atoms with Crippen LogP contribution in [0.4, 0.5) is 0 Å². The van der Waals surface area contributed by atoms with Crippen LogP contribution in [-0.4, -0.2) is 12.1 Å². The van der Waals surface area contributed by atoms with Crippen LogP contribution in [0.1, 0.15) is 38.8 Å². The topological polar surface area (TPSA) is 30.5 Å². The second-order valence-electron chi connectivity index (χ2n) is 6.70. The molecule has 24 heavy (non-hydrogen) atoms. The Bertz CT molecular complexity index is 651. The largest absolute Gasteiger partial charge is 0.490 e. The summed E-state index contributed by atoms with van der Waals surface area (Å²) in [6.45, 7) is 10.1. The third kappa shape index (κ3) is 5.73. The fourth-order valence-corrected chi connectivity index (χ4v) is 2.41. The zero-order valence-corrected chi connectivity index (χ0v) is 15.6. The van der Waals surface area contributed by atoms with Crippen LogP contribution in [-0.2, 0) is 13.2 Å². The number of hydrogen-bond donors (Lipinski definition) is 1. The highest BCUT2D eigenvalue weighted by atomic mass is 35.5. The van der Waals surface area contributed by atoms with E-state index in [1.165, 1.54) is 0 Å². The van der Waals surface area contributed by atoms with Gasteiger partial charge in [0, 0.05) is 23.2 Å². The van der Waals surface area contributed by atoms with Crippen molar-refractivity contribution in [2.45, 2.75) is 46.4 Å². The zero-order valence-electron chi connectivity index (χ0n) is 14.9. The standard InChI is InChI=1S/C20H26ClNO2/c1-5-23-18-11-16(13-22-20(2,3)4)17(21)12-19(18)24-14-15-9-7-6-8-10-15/h6-12,22H,5,13-14H2,1-4H3. The summed E-state index contributed by atoms with van der Waals surface area (Å²) < 4.78 is 11.7. The Morgan fingerprint density at radius 3 is 2.29 bits per heavy atom. The highest BCUT2D eigenvalue weighted by Gasteiger charge is 2.14. The highest BCUT2D eigenvalue weighted by Crippen LogP contribution is 2.34. The molecule has 0 spiro atoms. The average molecular weight is 348 g/mol. The van der Waals surface area contributed by atoms with Crippen molar-refractivity contribution >= 4 is 11.6 Å². The van der Waals surface area contributed by atoms with Crippen LogP contribution in [0.5, 0.6) is 11.5 Å². The van der Waals surface area contributed by atoms with Gasteiger partial charge in [-0.2, -0.15) is 0 Å². The number of benzene rings is 2. The van der Waals surface area contributed by atoms with Gasteiger partial charge in [0.2, 0.25) is 0 Å². The van der Waals surface area contributed by atoms with Crippen LogP contribution in [0.25, 0.3) is 0 Å². The maximum atomic E-state index is 6.44. The maximum absolute atomic E-state index is 6.44. The third-order valence-electron chi connectivity index (χ3n) is 3.46. The van der Waals surface area contributed by atoms with Gasteiger partial charge in [0.15, 0.2) is 11.5 Å². The lowest BCUT2D eigenvalue weighted by Crippen LogP contribution is -2.35. The quantitative estimate of drug-likeness (QED) is 0.746. The van der Waals surface area contributed by atoms with Gasteiger partial charge < -0.3 is 14.8 Å². The molecule has 2 aromatic rings. The first-order valence-electron chi connectivity index (χ1n) is 8.26. The summed E-state index contributed by atoms with van der Waals surface area (Å²) in [4.78, 5) is 0. The average Bonchev–Trinajstić information content (AvgIpc) is 2.54. The van der Waals surface area contributed by atoms with Crippen LogP contribution in [0.3, 0.4) is 0 Å². The minimum absolute atomic E-state index is 0.0254. The molecule has 0 atom stereocenters. The first-order valence-corrected chi connectivity index (χ1v) is 8.64. The Morgan fingerprint density at radius 2 is 1.67 bits per heavy atom. The molecule has 0 fully saturated rings. The number of hydrogen-bond acceptors (Lipinski definition) is 3. The molecule has 0 aromatic heterocycles. The maximum Gasteiger partial charge on any atom is 0.163 e. The highest BCUT2D eigenvalue weighted by molar-refractivity contribution is 6.31. The monoisotopic (exact) mass is 347 g/mol. The van der Waals surface area contributed by atoms with Gasteiger partial charge in [-0.15, -0.1) is 0 Å². The van der Waals surface area contributed by atoms with Gasteiger partial charge in [-0.1, -0.05) is 41.9 Å². The number of rotatable bonds is 7. The molecular weight excluding hydrogens is 322 g/mol. The molecule has 0 unspecified atom stereocenters.